The molecule has 1 saturated heterocycles. The predicted octanol–water partition coefficient (Wildman–Crippen LogP) is 6.10. The van der Waals surface area contributed by atoms with Crippen LogP contribution >= 0.6 is 23.2 Å². The van der Waals surface area contributed by atoms with Crippen molar-refractivity contribution >= 4 is 35.1 Å². The molecule has 1 atom stereocenters. The second kappa shape index (κ2) is 11.1. The molecule has 2 aromatic rings. The lowest BCUT2D eigenvalue weighted by Gasteiger charge is -2.37. The quantitative estimate of drug-likeness (QED) is 0.400. The van der Waals surface area contributed by atoms with Crippen molar-refractivity contribution < 1.29 is 28.6 Å². The van der Waals surface area contributed by atoms with Crippen molar-refractivity contribution in [1.82, 2.24) is 4.90 Å². The molecule has 1 N–H and O–H groups in total. The Bertz CT molecular complexity index is 1080. The molecular weight excluding hydrogens is 496 g/mol. The highest BCUT2D eigenvalue weighted by Gasteiger charge is 2.31. The van der Waals surface area contributed by atoms with Gasteiger partial charge in [-0.05, 0) is 86.0 Å². The van der Waals surface area contributed by atoms with Crippen molar-refractivity contribution in [2.45, 2.75) is 44.1 Å². The summed E-state index contributed by atoms with van der Waals surface area (Å²) in [5.41, 5.74) is 1.57. The maximum absolute atomic E-state index is 14.5. The summed E-state index contributed by atoms with van der Waals surface area (Å²) in [7, 11) is 1.23. The Morgan fingerprint density at radius 3 is 2.31 bits per heavy atom. The lowest BCUT2D eigenvalue weighted by molar-refractivity contribution is -0.138. The Balaban J connectivity index is 1.40. The fourth-order valence-electron chi connectivity index (χ4n) is 4.71. The SMILES string of the molecule is COC(=O)c1cc(C2CC2)c(OCC2CCN(C(CC(=O)O)c3cc(Cl)cc(Cl)c3)CC2)cc1F. The van der Waals surface area contributed by atoms with E-state index in [1.807, 2.05) is 0 Å². The van der Waals surface area contributed by atoms with Gasteiger partial charge in [0.25, 0.3) is 0 Å². The van der Waals surface area contributed by atoms with Gasteiger partial charge in [0.15, 0.2) is 0 Å². The molecule has 1 saturated carbocycles. The number of halogens is 3. The zero-order valence-electron chi connectivity index (χ0n) is 19.4. The number of hydrogen-bond donors (Lipinski definition) is 1. The van der Waals surface area contributed by atoms with Gasteiger partial charge in [-0.15, -0.1) is 0 Å². The summed E-state index contributed by atoms with van der Waals surface area (Å²) in [6.07, 6.45) is 3.55. The van der Waals surface area contributed by atoms with Crippen molar-refractivity contribution in [2.24, 2.45) is 5.92 Å². The number of piperidine rings is 1. The van der Waals surface area contributed by atoms with E-state index in [0.29, 0.717) is 35.5 Å². The smallest absolute Gasteiger partial charge is 0.340 e. The maximum Gasteiger partial charge on any atom is 0.340 e. The summed E-state index contributed by atoms with van der Waals surface area (Å²) in [6, 6.07) is 7.69. The molecule has 9 heteroatoms. The number of hydrogen-bond acceptors (Lipinski definition) is 5. The highest BCUT2D eigenvalue weighted by molar-refractivity contribution is 6.34. The van der Waals surface area contributed by atoms with E-state index in [4.69, 9.17) is 27.9 Å². The predicted molar refractivity (Wildman–Crippen MR) is 131 cm³/mol. The van der Waals surface area contributed by atoms with Gasteiger partial charge >= 0.3 is 11.9 Å². The van der Waals surface area contributed by atoms with Gasteiger partial charge in [0.05, 0.1) is 25.7 Å². The van der Waals surface area contributed by atoms with E-state index in [1.54, 1.807) is 24.3 Å². The number of carbonyl (C=O) groups excluding carboxylic acids is 1. The summed E-state index contributed by atoms with van der Waals surface area (Å²) in [5.74, 6) is -1.23. The number of carbonyl (C=O) groups is 2. The van der Waals surface area contributed by atoms with Crippen LogP contribution in [0.5, 0.6) is 5.75 Å². The molecule has 188 valence electrons. The zero-order chi connectivity index (χ0) is 25.1. The number of esters is 1. The Kier molecular flexibility index (Phi) is 8.19. The molecule has 1 heterocycles. The molecule has 1 unspecified atom stereocenters. The number of likely N-dealkylation sites (tertiary alicyclic amines) is 1. The van der Waals surface area contributed by atoms with Gasteiger partial charge in [-0.1, -0.05) is 23.2 Å². The number of carboxylic acids is 1. The Morgan fingerprint density at radius 2 is 1.74 bits per heavy atom. The second-order valence-electron chi connectivity index (χ2n) is 9.24. The Labute approximate surface area is 213 Å². The first-order valence-electron chi connectivity index (χ1n) is 11.7. The number of methoxy groups -OCH3 is 1. The first kappa shape index (κ1) is 25.7. The normalized spacial score (nSPS) is 17.7. The van der Waals surface area contributed by atoms with E-state index < -0.39 is 17.8 Å². The lowest BCUT2D eigenvalue weighted by Crippen LogP contribution is -2.39. The molecule has 4 rings (SSSR count). The third-order valence-electron chi connectivity index (χ3n) is 6.72. The highest BCUT2D eigenvalue weighted by atomic mass is 35.5. The minimum Gasteiger partial charge on any atom is -0.493 e. The standard InChI is InChI=1S/C26H28Cl2FNO5/c1-34-26(33)21-11-20(16-2-3-16)24(12-22(21)29)35-14-15-4-6-30(7-5-15)23(13-25(31)32)17-8-18(27)10-19(28)9-17/h8-12,15-16,23H,2-7,13-14H2,1H3,(H,31,32). The molecule has 0 amide bonds. The minimum atomic E-state index is -0.887. The van der Waals surface area contributed by atoms with Crippen molar-refractivity contribution in [3.05, 3.63) is 62.9 Å². The summed E-state index contributed by atoms with van der Waals surface area (Å²) >= 11 is 12.3. The van der Waals surface area contributed by atoms with Gasteiger partial charge in [-0.2, -0.15) is 0 Å². The molecule has 35 heavy (non-hydrogen) atoms. The van der Waals surface area contributed by atoms with E-state index in [9.17, 15) is 19.1 Å². The van der Waals surface area contributed by atoms with Gasteiger partial charge in [-0.25, -0.2) is 9.18 Å². The molecule has 2 fully saturated rings. The average Bonchev–Trinajstić information content (AvgIpc) is 3.66. The van der Waals surface area contributed by atoms with E-state index >= 15 is 0 Å². The van der Waals surface area contributed by atoms with Crippen LogP contribution in [0.2, 0.25) is 10.0 Å². The number of aliphatic carboxylic acids is 1. The fourth-order valence-corrected chi connectivity index (χ4v) is 5.25. The number of nitrogens with zero attached hydrogens (tertiary/aromatic N) is 1. The first-order valence-corrected chi connectivity index (χ1v) is 12.5. The Morgan fingerprint density at radius 1 is 1.09 bits per heavy atom. The van der Waals surface area contributed by atoms with Gasteiger partial charge in [0, 0.05) is 22.2 Å². The molecule has 2 aliphatic rings. The average molecular weight is 524 g/mol. The molecule has 0 aromatic heterocycles. The van der Waals surface area contributed by atoms with Crippen LogP contribution in [0, 0.1) is 11.7 Å². The lowest BCUT2D eigenvalue weighted by atomic mass is 9.93. The van der Waals surface area contributed by atoms with Crippen LogP contribution in [0.3, 0.4) is 0 Å². The van der Waals surface area contributed by atoms with Crippen LogP contribution in [0.15, 0.2) is 30.3 Å². The van der Waals surface area contributed by atoms with Crippen molar-refractivity contribution in [1.29, 1.82) is 0 Å². The molecule has 2 aromatic carbocycles. The summed E-state index contributed by atoms with van der Waals surface area (Å²) < 4.78 is 25.3. The van der Waals surface area contributed by atoms with Gasteiger partial charge < -0.3 is 14.6 Å². The highest BCUT2D eigenvalue weighted by Crippen LogP contribution is 2.45. The van der Waals surface area contributed by atoms with E-state index in [2.05, 4.69) is 9.64 Å². The van der Waals surface area contributed by atoms with Crippen LogP contribution < -0.4 is 4.74 Å². The van der Waals surface area contributed by atoms with E-state index in [0.717, 1.165) is 36.8 Å². The second-order valence-corrected chi connectivity index (χ2v) is 10.1. The topological polar surface area (TPSA) is 76.1 Å². The third-order valence-corrected chi connectivity index (χ3v) is 7.16. The van der Waals surface area contributed by atoms with Crippen molar-refractivity contribution in [3.63, 3.8) is 0 Å². The third kappa shape index (κ3) is 6.46. The molecule has 0 radical (unpaired) electrons. The van der Waals surface area contributed by atoms with Crippen molar-refractivity contribution in [3.8, 4) is 5.75 Å². The number of rotatable bonds is 9. The van der Waals surface area contributed by atoms with E-state index in [1.165, 1.54) is 13.2 Å². The van der Waals surface area contributed by atoms with Crippen LogP contribution in [0.4, 0.5) is 4.39 Å². The van der Waals surface area contributed by atoms with Crippen LogP contribution in [-0.4, -0.2) is 48.8 Å². The number of benzene rings is 2. The summed E-state index contributed by atoms with van der Waals surface area (Å²) in [6.45, 7) is 1.82. The molecule has 0 bridgehead atoms. The first-order chi connectivity index (χ1) is 16.7. The van der Waals surface area contributed by atoms with Gasteiger partial charge in [-0.3, -0.25) is 9.69 Å². The number of ether oxygens (including phenoxy) is 2. The molecule has 1 aliphatic carbocycles. The Hall–Kier alpha value is -2.35. The van der Waals surface area contributed by atoms with Crippen molar-refractivity contribution in [2.75, 3.05) is 26.8 Å². The molecular formula is C26H28Cl2FNO5. The largest absolute Gasteiger partial charge is 0.493 e. The number of carboxylic acid groups (broad SMARTS) is 1. The van der Waals surface area contributed by atoms with Crippen LogP contribution in [0.25, 0.3) is 0 Å². The van der Waals surface area contributed by atoms with Gasteiger partial charge in [0.1, 0.15) is 11.6 Å². The summed E-state index contributed by atoms with van der Waals surface area (Å²) in [4.78, 5) is 25.6. The zero-order valence-corrected chi connectivity index (χ0v) is 20.9. The fraction of sp³-hybridized carbons (Fsp3) is 0.462. The molecule has 0 spiro atoms. The summed E-state index contributed by atoms with van der Waals surface area (Å²) in [5, 5.41) is 10.4. The maximum atomic E-state index is 14.5. The van der Waals surface area contributed by atoms with E-state index in [-0.39, 0.29) is 29.9 Å². The molecule has 6 nitrogen and oxygen atoms in total. The van der Waals surface area contributed by atoms with Crippen LogP contribution in [-0.2, 0) is 9.53 Å². The minimum absolute atomic E-state index is 0.0472. The molecule has 1 aliphatic heterocycles. The van der Waals surface area contributed by atoms with Gasteiger partial charge in [0.2, 0.25) is 0 Å². The monoisotopic (exact) mass is 523 g/mol. The van der Waals surface area contributed by atoms with Crippen LogP contribution in [0.1, 0.15) is 65.5 Å².